The molecule has 0 amide bonds. The number of H-pyrrole nitrogens is 1. The van der Waals surface area contributed by atoms with Crippen LogP contribution in [0.4, 0.5) is 0 Å². The smallest absolute Gasteiger partial charge is 0.142 e. The monoisotopic (exact) mass is 362 g/mol. The average molecular weight is 362 g/mol. The molecule has 0 radical (unpaired) electrons. The number of benzene rings is 2. The van der Waals surface area contributed by atoms with Crippen LogP contribution in [0.1, 0.15) is 0 Å². The summed E-state index contributed by atoms with van der Waals surface area (Å²) in [6.45, 7) is 0. The quantitative estimate of drug-likeness (QED) is 0.511. The van der Waals surface area contributed by atoms with Gasteiger partial charge in [0.25, 0.3) is 0 Å². The fourth-order valence-corrected chi connectivity index (χ4v) is 3.63. The first-order valence-corrected chi connectivity index (χ1v) is 9.10. The van der Waals surface area contributed by atoms with E-state index in [9.17, 15) is 0 Å². The van der Waals surface area contributed by atoms with Gasteiger partial charge in [-0.05, 0) is 29.6 Å². The maximum absolute atomic E-state index is 5.53. The number of rotatable bonds is 5. The summed E-state index contributed by atoms with van der Waals surface area (Å²) in [5.41, 5.74) is 3.87. The second-order valence-electron chi connectivity index (χ2n) is 5.72. The van der Waals surface area contributed by atoms with E-state index in [2.05, 4.69) is 28.6 Å². The first-order valence-electron chi connectivity index (χ1n) is 8.22. The molecule has 0 bridgehead atoms. The third-order valence-corrected chi connectivity index (χ3v) is 5.07. The zero-order chi connectivity index (χ0) is 17.9. The van der Waals surface area contributed by atoms with Gasteiger partial charge in [0.15, 0.2) is 0 Å². The Morgan fingerprint density at radius 3 is 2.46 bits per heavy atom. The van der Waals surface area contributed by atoms with E-state index in [-0.39, 0.29) is 0 Å². The molecule has 4 nitrogen and oxygen atoms in total. The van der Waals surface area contributed by atoms with Crippen LogP contribution in [-0.2, 0) is 0 Å². The Morgan fingerprint density at radius 1 is 0.923 bits per heavy atom. The van der Waals surface area contributed by atoms with E-state index in [0.29, 0.717) is 0 Å². The molecule has 2 aromatic heterocycles. The van der Waals surface area contributed by atoms with Crippen molar-refractivity contribution < 1.29 is 9.47 Å². The van der Waals surface area contributed by atoms with Crippen molar-refractivity contribution in [3.8, 4) is 44.7 Å². The van der Waals surface area contributed by atoms with Crippen molar-refractivity contribution in [3.63, 3.8) is 0 Å². The molecule has 0 fully saturated rings. The van der Waals surface area contributed by atoms with Crippen LogP contribution < -0.4 is 9.47 Å². The number of aromatic nitrogens is 2. The maximum atomic E-state index is 5.53. The predicted octanol–water partition coefficient (Wildman–Crippen LogP) is 5.49. The minimum atomic E-state index is 0.747. The first-order chi connectivity index (χ1) is 12.8. The molecule has 0 atom stereocenters. The van der Waals surface area contributed by atoms with Crippen molar-refractivity contribution in [2.45, 2.75) is 0 Å². The van der Waals surface area contributed by atoms with Crippen molar-refractivity contribution >= 4 is 11.3 Å². The molecule has 0 saturated heterocycles. The van der Waals surface area contributed by atoms with Crippen molar-refractivity contribution in [2.24, 2.45) is 0 Å². The van der Waals surface area contributed by atoms with E-state index in [4.69, 9.17) is 14.5 Å². The molecule has 0 aliphatic heterocycles. The lowest BCUT2D eigenvalue weighted by Crippen LogP contribution is -1.91. The van der Waals surface area contributed by atoms with Gasteiger partial charge in [0.2, 0.25) is 0 Å². The highest BCUT2D eigenvalue weighted by molar-refractivity contribution is 7.13. The van der Waals surface area contributed by atoms with Crippen LogP contribution >= 0.6 is 11.3 Å². The van der Waals surface area contributed by atoms with Gasteiger partial charge in [-0.25, -0.2) is 4.98 Å². The van der Waals surface area contributed by atoms with Gasteiger partial charge >= 0.3 is 0 Å². The van der Waals surface area contributed by atoms with Crippen LogP contribution in [0, 0.1) is 0 Å². The number of thiophene rings is 1. The third kappa shape index (κ3) is 2.97. The second-order valence-corrected chi connectivity index (χ2v) is 6.67. The third-order valence-electron chi connectivity index (χ3n) is 4.18. The number of ether oxygens (including phenoxy) is 2. The highest BCUT2D eigenvalue weighted by Gasteiger charge is 2.18. The summed E-state index contributed by atoms with van der Waals surface area (Å²) >= 11 is 1.68. The lowest BCUT2D eigenvalue weighted by molar-refractivity contribution is 0.404. The molecule has 130 valence electrons. The van der Waals surface area contributed by atoms with E-state index < -0.39 is 0 Å². The summed E-state index contributed by atoms with van der Waals surface area (Å²) in [5.74, 6) is 2.26. The molecule has 2 aromatic carbocycles. The average Bonchev–Trinajstić information content (AvgIpc) is 3.37. The number of nitrogens with one attached hydrogen (secondary N) is 1. The Balaban J connectivity index is 1.92. The Kier molecular flexibility index (Phi) is 4.46. The topological polar surface area (TPSA) is 47.1 Å². The molecule has 0 aliphatic rings. The summed E-state index contributed by atoms with van der Waals surface area (Å²) < 4.78 is 10.9. The van der Waals surface area contributed by atoms with Crippen LogP contribution in [-0.4, -0.2) is 24.2 Å². The second kappa shape index (κ2) is 7.06. The number of hydrogen-bond donors (Lipinski definition) is 1. The standard InChI is InChI=1S/C21H18N2O2S/c1-24-15-10-11-17(25-2)16(13-15)21-22-19(14-7-4-3-5-8-14)20(23-21)18-9-6-12-26-18/h3-13H,1-2H3,(H,22,23). The van der Waals surface area contributed by atoms with E-state index in [1.165, 1.54) is 0 Å². The van der Waals surface area contributed by atoms with Gasteiger partial charge in [-0.15, -0.1) is 11.3 Å². The fourth-order valence-electron chi connectivity index (χ4n) is 2.90. The maximum Gasteiger partial charge on any atom is 0.142 e. The van der Waals surface area contributed by atoms with Crippen LogP contribution in [0.3, 0.4) is 0 Å². The Morgan fingerprint density at radius 2 is 1.77 bits per heavy atom. The number of nitrogens with zero attached hydrogens (tertiary/aromatic N) is 1. The summed E-state index contributed by atoms with van der Waals surface area (Å²) in [4.78, 5) is 9.54. The molecular formula is C21H18N2O2S. The van der Waals surface area contributed by atoms with Gasteiger partial charge in [-0.2, -0.15) is 0 Å². The SMILES string of the molecule is COc1ccc(OC)c(-c2nc(-c3ccccc3)c(-c3cccs3)[nH]2)c1. The van der Waals surface area contributed by atoms with Gasteiger partial charge in [0.05, 0.1) is 36.0 Å². The highest BCUT2D eigenvalue weighted by Crippen LogP contribution is 2.38. The number of imidazole rings is 1. The molecule has 4 aromatic rings. The van der Waals surface area contributed by atoms with E-state index in [1.807, 2.05) is 42.5 Å². The molecule has 5 heteroatoms. The predicted molar refractivity (Wildman–Crippen MR) is 106 cm³/mol. The summed E-state index contributed by atoms with van der Waals surface area (Å²) in [7, 11) is 3.31. The van der Waals surface area contributed by atoms with Crippen LogP contribution in [0.5, 0.6) is 11.5 Å². The normalized spacial score (nSPS) is 10.7. The van der Waals surface area contributed by atoms with Crippen molar-refractivity contribution in [3.05, 3.63) is 66.0 Å². The molecule has 0 aliphatic carbocycles. The van der Waals surface area contributed by atoms with Crippen LogP contribution in [0.15, 0.2) is 66.0 Å². The molecule has 2 heterocycles. The van der Waals surface area contributed by atoms with Gasteiger partial charge in [0.1, 0.15) is 17.3 Å². The van der Waals surface area contributed by atoms with Crippen LogP contribution in [0.2, 0.25) is 0 Å². The lowest BCUT2D eigenvalue weighted by atomic mass is 10.1. The van der Waals surface area contributed by atoms with E-state index in [1.54, 1.807) is 25.6 Å². The molecule has 26 heavy (non-hydrogen) atoms. The number of aromatic amines is 1. The van der Waals surface area contributed by atoms with Crippen molar-refractivity contribution in [1.82, 2.24) is 9.97 Å². The van der Waals surface area contributed by atoms with Gasteiger partial charge in [-0.1, -0.05) is 36.4 Å². The zero-order valence-corrected chi connectivity index (χ0v) is 15.3. The Hall–Kier alpha value is -3.05. The summed E-state index contributed by atoms with van der Waals surface area (Å²) in [6, 6.07) is 20.0. The molecule has 0 saturated carbocycles. The molecule has 0 unspecified atom stereocenters. The molecule has 0 spiro atoms. The number of methoxy groups -OCH3 is 2. The first kappa shape index (κ1) is 16.4. The zero-order valence-electron chi connectivity index (χ0n) is 14.5. The van der Waals surface area contributed by atoms with E-state index in [0.717, 1.165) is 44.7 Å². The highest BCUT2D eigenvalue weighted by atomic mass is 32.1. The van der Waals surface area contributed by atoms with E-state index >= 15 is 0 Å². The molecular weight excluding hydrogens is 344 g/mol. The Labute approximate surface area is 156 Å². The fraction of sp³-hybridized carbons (Fsp3) is 0.0952. The van der Waals surface area contributed by atoms with Crippen molar-refractivity contribution in [1.29, 1.82) is 0 Å². The minimum Gasteiger partial charge on any atom is -0.497 e. The largest absolute Gasteiger partial charge is 0.497 e. The van der Waals surface area contributed by atoms with Crippen LogP contribution in [0.25, 0.3) is 33.2 Å². The lowest BCUT2D eigenvalue weighted by Gasteiger charge is -2.08. The molecule has 4 rings (SSSR count). The van der Waals surface area contributed by atoms with Gasteiger partial charge in [-0.3, -0.25) is 0 Å². The Bertz CT molecular complexity index is 1010. The summed E-state index contributed by atoms with van der Waals surface area (Å²) in [5, 5.41) is 2.07. The summed E-state index contributed by atoms with van der Waals surface area (Å²) in [6.07, 6.45) is 0. The number of hydrogen-bond acceptors (Lipinski definition) is 4. The molecule has 1 N–H and O–H groups in total. The minimum absolute atomic E-state index is 0.747. The van der Waals surface area contributed by atoms with Gasteiger partial charge in [0, 0.05) is 5.56 Å². The van der Waals surface area contributed by atoms with Crippen molar-refractivity contribution in [2.75, 3.05) is 14.2 Å². The van der Waals surface area contributed by atoms with Gasteiger partial charge < -0.3 is 14.5 Å².